The smallest absolute Gasteiger partial charge is 0.239 e. The van der Waals surface area contributed by atoms with Gasteiger partial charge in [-0.2, -0.15) is 5.10 Å². The minimum absolute atomic E-state index is 0.0159. The Morgan fingerprint density at radius 3 is 2.70 bits per heavy atom. The number of rotatable bonds is 4. The highest BCUT2D eigenvalue weighted by molar-refractivity contribution is 8.15. The quantitative estimate of drug-likeness (QED) is 0.547. The van der Waals surface area contributed by atoms with E-state index in [1.807, 2.05) is 49.4 Å². The third kappa shape index (κ3) is 3.93. The van der Waals surface area contributed by atoms with Crippen LogP contribution >= 0.6 is 11.8 Å². The van der Waals surface area contributed by atoms with Gasteiger partial charge in [0, 0.05) is 0 Å². The van der Waals surface area contributed by atoms with Crippen molar-refractivity contribution in [2.75, 3.05) is 0 Å². The largest absolute Gasteiger partial charge is 0.303 e. The van der Waals surface area contributed by atoms with Crippen LogP contribution in [-0.4, -0.2) is 22.5 Å². The summed E-state index contributed by atoms with van der Waals surface area (Å²) in [5.74, 6) is -0.0159. The SMILES string of the molecule is Cc1ccccc1/C=N\N=C1\NC(=O)[C@H](Cc2cccc3ccccc23)S1. The number of nitrogens with one attached hydrogen (secondary N) is 1. The zero-order chi connectivity index (χ0) is 18.6. The molecule has 5 heteroatoms. The van der Waals surface area contributed by atoms with Gasteiger partial charge >= 0.3 is 0 Å². The molecule has 3 aromatic rings. The van der Waals surface area contributed by atoms with Crippen LogP contribution in [0.3, 0.4) is 0 Å². The van der Waals surface area contributed by atoms with Crippen LogP contribution in [0.5, 0.6) is 0 Å². The van der Waals surface area contributed by atoms with Gasteiger partial charge in [0.05, 0.1) is 11.5 Å². The summed E-state index contributed by atoms with van der Waals surface area (Å²) in [6, 6.07) is 22.4. The molecular weight excluding hydrogens is 354 g/mol. The van der Waals surface area contributed by atoms with E-state index in [0.29, 0.717) is 11.6 Å². The molecule has 4 nitrogen and oxygen atoms in total. The minimum atomic E-state index is -0.191. The molecule has 0 aromatic heterocycles. The third-order valence-corrected chi connectivity index (χ3v) is 5.67. The highest BCUT2D eigenvalue weighted by atomic mass is 32.2. The number of nitrogens with zero attached hydrogens (tertiary/aromatic N) is 2. The first-order valence-corrected chi connectivity index (χ1v) is 9.69. The van der Waals surface area contributed by atoms with Gasteiger partial charge in [-0.3, -0.25) is 4.79 Å². The second kappa shape index (κ2) is 7.76. The van der Waals surface area contributed by atoms with Crippen molar-refractivity contribution in [2.45, 2.75) is 18.6 Å². The Hall–Kier alpha value is -2.92. The van der Waals surface area contributed by atoms with Gasteiger partial charge in [0.1, 0.15) is 0 Å². The monoisotopic (exact) mass is 373 g/mol. The van der Waals surface area contributed by atoms with Crippen molar-refractivity contribution in [3.8, 4) is 0 Å². The van der Waals surface area contributed by atoms with Crippen molar-refractivity contribution in [3.05, 3.63) is 83.4 Å². The van der Waals surface area contributed by atoms with E-state index in [0.717, 1.165) is 11.1 Å². The number of fused-ring (bicyclic) bond motifs is 1. The molecule has 4 rings (SSSR count). The molecule has 1 N–H and O–H groups in total. The predicted molar refractivity (Wildman–Crippen MR) is 113 cm³/mol. The van der Waals surface area contributed by atoms with E-state index >= 15 is 0 Å². The summed E-state index contributed by atoms with van der Waals surface area (Å²) in [7, 11) is 0. The van der Waals surface area contributed by atoms with E-state index < -0.39 is 0 Å². The van der Waals surface area contributed by atoms with Crippen molar-refractivity contribution in [1.82, 2.24) is 5.32 Å². The zero-order valence-corrected chi connectivity index (χ0v) is 15.7. The molecule has 0 saturated carbocycles. The fraction of sp³-hybridized carbons (Fsp3) is 0.136. The van der Waals surface area contributed by atoms with Crippen molar-refractivity contribution >= 4 is 39.8 Å². The number of carbonyl (C=O) groups is 1. The minimum Gasteiger partial charge on any atom is -0.303 e. The number of hydrogen-bond acceptors (Lipinski definition) is 4. The molecule has 134 valence electrons. The molecule has 1 heterocycles. The van der Waals surface area contributed by atoms with E-state index in [-0.39, 0.29) is 11.2 Å². The van der Waals surface area contributed by atoms with E-state index in [1.54, 1.807) is 6.21 Å². The molecule has 0 bridgehead atoms. The first kappa shape index (κ1) is 17.5. The lowest BCUT2D eigenvalue weighted by molar-refractivity contribution is -0.118. The van der Waals surface area contributed by atoms with Crippen LogP contribution in [0, 0.1) is 6.92 Å². The molecule has 1 aliphatic rings. The highest BCUT2D eigenvalue weighted by Gasteiger charge is 2.30. The van der Waals surface area contributed by atoms with E-state index in [9.17, 15) is 4.79 Å². The molecule has 1 amide bonds. The van der Waals surface area contributed by atoms with Gasteiger partial charge in [-0.1, -0.05) is 78.5 Å². The summed E-state index contributed by atoms with van der Waals surface area (Å²) < 4.78 is 0. The standard InChI is InChI=1S/C22H19N3OS/c1-15-7-2-3-9-18(15)14-23-25-22-24-21(26)20(27-22)13-17-11-6-10-16-8-4-5-12-19(16)17/h2-12,14,20H,13H2,1H3,(H,24,25,26)/b23-14-/t20-/m0/s1. The van der Waals surface area contributed by atoms with E-state index in [4.69, 9.17) is 0 Å². The second-order valence-electron chi connectivity index (χ2n) is 6.44. The maximum Gasteiger partial charge on any atom is 0.239 e. The Morgan fingerprint density at radius 1 is 1.04 bits per heavy atom. The molecule has 27 heavy (non-hydrogen) atoms. The summed E-state index contributed by atoms with van der Waals surface area (Å²) in [6.45, 7) is 2.03. The van der Waals surface area contributed by atoms with Crippen molar-refractivity contribution < 1.29 is 4.79 Å². The lowest BCUT2D eigenvalue weighted by Gasteiger charge is -2.09. The molecule has 0 spiro atoms. The molecule has 1 saturated heterocycles. The average molecular weight is 373 g/mol. The number of benzene rings is 3. The number of carbonyl (C=O) groups excluding carboxylic acids is 1. The Bertz CT molecular complexity index is 1050. The summed E-state index contributed by atoms with van der Waals surface area (Å²) in [5, 5.41) is 13.9. The van der Waals surface area contributed by atoms with Crippen LogP contribution in [0.4, 0.5) is 0 Å². The third-order valence-electron chi connectivity index (χ3n) is 4.60. The number of hydrogen-bond donors (Lipinski definition) is 1. The molecule has 1 aliphatic heterocycles. The Labute approximate surface area is 162 Å². The van der Waals surface area contributed by atoms with Gasteiger partial charge in [0.15, 0.2) is 5.17 Å². The Kier molecular flexibility index (Phi) is 5.03. The number of amidine groups is 1. The summed E-state index contributed by atoms with van der Waals surface area (Å²) >= 11 is 1.44. The molecule has 0 aliphatic carbocycles. The molecule has 0 unspecified atom stereocenters. The predicted octanol–water partition coefficient (Wildman–Crippen LogP) is 4.31. The molecule has 0 radical (unpaired) electrons. The van der Waals surface area contributed by atoms with Crippen molar-refractivity contribution in [1.29, 1.82) is 0 Å². The Balaban J connectivity index is 1.48. The summed E-state index contributed by atoms with van der Waals surface area (Å²) in [4.78, 5) is 12.3. The zero-order valence-electron chi connectivity index (χ0n) is 14.9. The fourth-order valence-electron chi connectivity index (χ4n) is 3.13. The Morgan fingerprint density at radius 2 is 1.81 bits per heavy atom. The lowest BCUT2D eigenvalue weighted by Crippen LogP contribution is -2.26. The maximum atomic E-state index is 12.3. The van der Waals surface area contributed by atoms with Crippen LogP contribution in [0.15, 0.2) is 76.9 Å². The van der Waals surface area contributed by atoms with Crippen LogP contribution in [0.1, 0.15) is 16.7 Å². The van der Waals surface area contributed by atoms with Gasteiger partial charge < -0.3 is 5.32 Å². The van der Waals surface area contributed by atoms with Gasteiger partial charge in [-0.05, 0) is 40.8 Å². The van der Waals surface area contributed by atoms with Crippen LogP contribution < -0.4 is 5.32 Å². The highest BCUT2D eigenvalue weighted by Crippen LogP contribution is 2.27. The van der Waals surface area contributed by atoms with Crippen molar-refractivity contribution in [2.24, 2.45) is 10.2 Å². The van der Waals surface area contributed by atoms with E-state index in [2.05, 4.69) is 39.8 Å². The molecule has 1 fully saturated rings. The lowest BCUT2D eigenvalue weighted by atomic mass is 10.0. The maximum absolute atomic E-state index is 12.3. The van der Waals surface area contributed by atoms with Gasteiger partial charge in [0.25, 0.3) is 0 Å². The van der Waals surface area contributed by atoms with Crippen LogP contribution in [-0.2, 0) is 11.2 Å². The van der Waals surface area contributed by atoms with Crippen LogP contribution in [0.2, 0.25) is 0 Å². The fourth-order valence-corrected chi connectivity index (χ4v) is 4.08. The van der Waals surface area contributed by atoms with Crippen molar-refractivity contribution in [3.63, 3.8) is 0 Å². The number of aryl methyl sites for hydroxylation is 1. The van der Waals surface area contributed by atoms with Gasteiger partial charge in [-0.25, -0.2) is 0 Å². The molecule has 3 aromatic carbocycles. The number of amides is 1. The second-order valence-corrected chi connectivity index (χ2v) is 7.64. The van der Waals surface area contributed by atoms with E-state index in [1.165, 1.54) is 28.1 Å². The average Bonchev–Trinajstić information content (AvgIpc) is 3.03. The first-order chi connectivity index (χ1) is 13.2. The molecular formula is C22H19N3OS. The summed E-state index contributed by atoms with van der Waals surface area (Å²) in [5.41, 5.74) is 3.33. The normalized spacial score (nSPS) is 18.5. The number of thioether (sulfide) groups is 1. The summed E-state index contributed by atoms with van der Waals surface area (Å²) in [6.07, 6.45) is 2.38. The topological polar surface area (TPSA) is 53.8 Å². The van der Waals surface area contributed by atoms with Gasteiger partial charge in [-0.15, -0.1) is 5.10 Å². The van der Waals surface area contributed by atoms with Crippen LogP contribution in [0.25, 0.3) is 10.8 Å². The first-order valence-electron chi connectivity index (χ1n) is 8.81. The van der Waals surface area contributed by atoms with Gasteiger partial charge in [0.2, 0.25) is 5.91 Å². The molecule has 1 atom stereocenters.